The lowest BCUT2D eigenvalue weighted by molar-refractivity contribution is 0.584. The van der Waals surface area contributed by atoms with E-state index in [0.717, 1.165) is 6.54 Å². The van der Waals surface area contributed by atoms with Crippen LogP contribution in [0.2, 0.25) is 0 Å². The number of thioether (sulfide) groups is 1. The molecule has 0 aliphatic carbocycles. The lowest BCUT2D eigenvalue weighted by Crippen LogP contribution is -2.74. The van der Waals surface area contributed by atoms with Gasteiger partial charge in [0.2, 0.25) is 0 Å². The quantitative estimate of drug-likeness (QED) is 0.373. The van der Waals surface area contributed by atoms with E-state index >= 15 is 0 Å². The molecule has 0 spiro atoms. The first kappa shape index (κ1) is 19.8. The van der Waals surface area contributed by atoms with Crippen molar-refractivity contribution >= 4 is 51.2 Å². The average Bonchev–Trinajstić information content (AvgIpc) is 3.48. The second-order valence-corrected chi connectivity index (χ2v) is 14.6. The van der Waals surface area contributed by atoms with E-state index in [1.807, 2.05) is 23.1 Å². The van der Waals surface area contributed by atoms with E-state index in [2.05, 4.69) is 115 Å². The van der Waals surface area contributed by atoms with E-state index in [0.29, 0.717) is 0 Å². The Hall–Kier alpha value is -2.11. The van der Waals surface area contributed by atoms with Gasteiger partial charge in [0.1, 0.15) is 0 Å². The summed E-state index contributed by atoms with van der Waals surface area (Å²) in [7, 11) is -2.38. The summed E-state index contributed by atoms with van der Waals surface area (Å²) in [6, 6.07) is 38.2. The number of rotatable bonds is 5. The molecule has 5 rings (SSSR count). The van der Waals surface area contributed by atoms with Crippen molar-refractivity contribution in [2.75, 3.05) is 12.3 Å². The standard InChI is InChI=1S/C26H25NS2Si/c1-26(27-19-20-28-26)24-17-18-25(29-24)30(21-11-5-2-6-12-21,22-13-7-3-8-14-22)23-15-9-4-10-16-23/h2-18,27H,19-20H2,1H3. The molecule has 3 aromatic carbocycles. The first-order valence-electron chi connectivity index (χ1n) is 10.4. The van der Waals surface area contributed by atoms with Crippen molar-refractivity contribution in [3.8, 4) is 0 Å². The topological polar surface area (TPSA) is 12.0 Å². The molecule has 1 unspecified atom stereocenters. The molecule has 4 aromatic rings. The number of hydrogen-bond donors (Lipinski definition) is 1. The van der Waals surface area contributed by atoms with Gasteiger partial charge < -0.3 is 0 Å². The minimum Gasteiger partial charge on any atom is -0.298 e. The summed E-state index contributed by atoms with van der Waals surface area (Å²) in [5, 5.41) is 8.04. The van der Waals surface area contributed by atoms with Crippen LogP contribution in [-0.2, 0) is 4.87 Å². The molecular formula is C26H25NS2Si. The van der Waals surface area contributed by atoms with E-state index in [1.54, 1.807) is 0 Å². The first-order chi connectivity index (χ1) is 14.7. The normalized spacial score (nSPS) is 19.1. The maximum Gasteiger partial charge on any atom is 0.191 e. The van der Waals surface area contributed by atoms with Crippen LogP contribution in [0.4, 0.5) is 0 Å². The maximum absolute atomic E-state index is 3.72. The van der Waals surface area contributed by atoms with Gasteiger partial charge in [-0.2, -0.15) is 0 Å². The van der Waals surface area contributed by atoms with Gasteiger partial charge in [-0.15, -0.1) is 23.1 Å². The summed E-state index contributed by atoms with van der Waals surface area (Å²) < 4.78 is 1.50. The number of hydrogen-bond acceptors (Lipinski definition) is 3. The highest BCUT2D eigenvalue weighted by Gasteiger charge is 2.44. The van der Waals surface area contributed by atoms with E-state index in [9.17, 15) is 0 Å². The van der Waals surface area contributed by atoms with Crippen molar-refractivity contribution < 1.29 is 0 Å². The van der Waals surface area contributed by atoms with Crippen LogP contribution in [0.15, 0.2) is 103 Å². The molecule has 0 bridgehead atoms. The molecule has 1 nitrogen and oxygen atoms in total. The smallest absolute Gasteiger partial charge is 0.191 e. The molecule has 150 valence electrons. The highest BCUT2D eigenvalue weighted by atomic mass is 32.2. The molecule has 2 heterocycles. The summed E-state index contributed by atoms with van der Waals surface area (Å²) in [5.41, 5.74) is 0. The number of nitrogens with one attached hydrogen (secondary N) is 1. The van der Waals surface area contributed by atoms with Gasteiger partial charge >= 0.3 is 0 Å². The molecule has 1 N–H and O–H groups in total. The Labute approximate surface area is 188 Å². The van der Waals surface area contributed by atoms with Crippen LogP contribution in [0, 0.1) is 0 Å². The van der Waals surface area contributed by atoms with Crippen LogP contribution in [0.3, 0.4) is 0 Å². The molecule has 1 aromatic heterocycles. The van der Waals surface area contributed by atoms with Crippen LogP contribution in [-0.4, -0.2) is 20.4 Å². The van der Waals surface area contributed by atoms with E-state index in [4.69, 9.17) is 0 Å². The summed E-state index contributed by atoms with van der Waals surface area (Å²) in [4.78, 5) is 1.45. The Balaban J connectivity index is 1.80. The van der Waals surface area contributed by atoms with Crippen LogP contribution >= 0.6 is 23.1 Å². The van der Waals surface area contributed by atoms with Gasteiger partial charge in [-0.25, -0.2) is 0 Å². The fraction of sp³-hybridized carbons (Fsp3) is 0.154. The Morgan fingerprint density at radius 3 is 1.63 bits per heavy atom. The lowest BCUT2D eigenvalue weighted by Gasteiger charge is -2.33. The lowest BCUT2D eigenvalue weighted by atomic mass is 10.2. The summed E-state index contributed by atoms with van der Waals surface area (Å²) in [6.45, 7) is 3.41. The van der Waals surface area contributed by atoms with Crippen LogP contribution < -0.4 is 25.4 Å². The first-order valence-corrected chi connectivity index (χ1v) is 14.2. The molecule has 1 aliphatic heterocycles. The van der Waals surface area contributed by atoms with Crippen molar-refractivity contribution in [2.24, 2.45) is 0 Å². The highest BCUT2D eigenvalue weighted by Crippen LogP contribution is 2.39. The Morgan fingerprint density at radius 2 is 1.20 bits per heavy atom. The van der Waals surface area contributed by atoms with Gasteiger partial charge in [-0.1, -0.05) is 97.1 Å². The van der Waals surface area contributed by atoms with E-state index < -0.39 is 8.07 Å². The van der Waals surface area contributed by atoms with Crippen LogP contribution in [0.5, 0.6) is 0 Å². The zero-order valence-electron chi connectivity index (χ0n) is 17.0. The Bertz CT molecular complexity index is 1010. The summed E-state index contributed by atoms with van der Waals surface area (Å²) in [6.07, 6.45) is 0. The predicted molar refractivity (Wildman–Crippen MR) is 136 cm³/mol. The molecule has 0 radical (unpaired) electrons. The third kappa shape index (κ3) is 3.28. The van der Waals surface area contributed by atoms with Crippen molar-refractivity contribution in [1.82, 2.24) is 5.32 Å². The largest absolute Gasteiger partial charge is 0.298 e. The summed E-state index contributed by atoms with van der Waals surface area (Å²) in [5.74, 6) is 1.17. The van der Waals surface area contributed by atoms with Crippen molar-refractivity contribution in [3.63, 3.8) is 0 Å². The second kappa shape index (κ2) is 8.20. The Kier molecular flexibility index (Phi) is 5.42. The van der Waals surface area contributed by atoms with Crippen LogP contribution in [0.25, 0.3) is 0 Å². The van der Waals surface area contributed by atoms with Gasteiger partial charge in [0.15, 0.2) is 8.07 Å². The molecule has 4 heteroatoms. The molecule has 1 saturated heterocycles. The van der Waals surface area contributed by atoms with Gasteiger partial charge in [-0.05, 0) is 28.6 Å². The molecule has 30 heavy (non-hydrogen) atoms. The monoisotopic (exact) mass is 443 g/mol. The zero-order chi connectivity index (χ0) is 20.4. The van der Waals surface area contributed by atoms with Gasteiger partial charge in [-0.3, -0.25) is 5.32 Å². The average molecular weight is 444 g/mol. The maximum atomic E-state index is 3.72. The van der Waals surface area contributed by atoms with Gasteiger partial charge in [0.25, 0.3) is 0 Å². The fourth-order valence-electron chi connectivity index (χ4n) is 4.54. The van der Waals surface area contributed by atoms with E-state index in [1.165, 1.54) is 30.7 Å². The zero-order valence-corrected chi connectivity index (χ0v) is 19.7. The molecule has 1 fully saturated rings. The Morgan fingerprint density at radius 1 is 0.700 bits per heavy atom. The van der Waals surface area contributed by atoms with Crippen molar-refractivity contribution in [3.05, 3.63) is 108 Å². The molecular weight excluding hydrogens is 419 g/mol. The second-order valence-electron chi connectivity index (χ2n) is 7.82. The molecule has 0 amide bonds. The molecule has 1 aliphatic rings. The fourth-order valence-corrected chi connectivity index (χ4v) is 12.9. The van der Waals surface area contributed by atoms with Crippen molar-refractivity contribution in [2.45, 2.75) is 11.8 Å². The van der Waals surface area contributed by atoms with E-state index in [-0.39, 0.29) is 4.87 Å². The number of benzene rings is 3. The molecule has 1 atom stereocenters. The van der Waals surface area contributed by atoms with Gasteiger partial charge in [0, 0.05) is 21.7 Å². The summed E-state index contributed by atoms with van der Waals surface area (Å²) >= 11 is 4.02. The SMILES string of the molecule is CC1(c2ccc([Si](c3ccccc3)(c3ccccc3)c3ccccc3)s2)NCCS1. The third-order valence-electron chi connectivity index (χ3n) is 6.02. The third-order valence-corrected chi connectivity index (χ3v) is 14.3. The van der Waals surface area contributed by atoms with Crippen LogP contribution in [0.1, 0.15) is 11.8 Å². The highest BCUT2D eigenvalue weighted by molar-refractivity contribution is 8.00. The minimum absolute atomic E-state index is 0.0210. The number of thiophene rings is 1. The van der Waals surface area contributed by atoms with Gasteiger partial charge in [0.05, 0.1) is 4.87 Å². The predicted octanol–water partition coefficient (Wildman–Crippen LogP) is 3.63. The molecule has 0 saturated carbocycles. The van der Waals surface area contributed by atoms with Crippen molar-refractivity contribution in [1.29, 1.82) is 0 Å². The minimum atomic E-state index is -2.38.